The van der Waals surface area contributed by atoms with Gasteiger partial charge in [0.05, 0.1) is 5.56 Å². The lowest BCUT2D eigenvalue weighted by molar-refractivity contribution is 0.0935. The van der Waals surface area contributed by atoms with Crippen LogP contribution in [0.25, 0.3) is 0 Å². The molecule has 0 unspecified atom stereocenters. The summed E-state index contributed by atoms with van der Waals surface area (Å²) >= 11 is 0. The molecule has 1 aromatic rings. The summed E-state index contributed by atoms with van der Waals surface area (Å²) in [6.07, 6.45) is 0. The Kier molecular flexibility index (Phi) is 2.81. The maximum absolute atomic E-state index is 13.2. The maximum atomic E-state index is 13.2. The van der Waals surface area contributed by atoms with Crippen LogP contribution in [-0.4, -0.2) is 5.78 Å². The molecule has 0 N–H and O–H groups in total. The minimum atomic E-state index is -0.418. The molecule has 0 fully saturated rings. The zero-order valence-corrected chi connectivity index (χ0v) is 8.10. The van der Waals surface area contributed by atoms with Gasteiger partial charge in [-0.05, 0) is 24.6 Å². The molecule has 1 nitrogen and oxygen atoms in total. The molecule has 1 aromatic carbocycles. The highest BCUT2D eigenvalue weighted by molar-refractivity contribution is 5.97. The first kappa shape index (κ1) is 9.90. The molecule has 0 aliphatic heterocycles. The fourth-order valence-electron chi connectivity index (χ4n) is 1.13. The largest absolute Gasteiger partial charge is 0.294 e. The predicted molar refractivity (Wildman–Crippen MR) is 50.3 cm³/mol. The van der Waals surface area contributed by atoms with E-state index >= 15 is 0 Å². The Morgan fingerprint density at radius 2 is 2.00 bits per heavy atom. The number of aryl methyl sites for hydroxylation is 1. The average molecular weight is 180 g/mol. The van der Waals surface area contributed by atoms with Crippen LogP contribution in [-0.2, 0) is 0 Å². The third-order valence-corrected chi connectivity index (χ3v) is 1.91. The van der Waals surface area contributed by atoms with E-state index in [-0.39, 0.29) is 17.3 Å². The topological polar surface area (TPSA) is 17.1 Å². The van der Waals surface area contributed by atoms with Crippen molar-refractivity contribution in [2.45, 2.75) is 20.8 Å². The molecule has 0 aliphatic carbocycles. The molecule has 2 heteroatoms. The van der Waals surface area contributed by atoms with Gasteiger partial charge in [-0.1, -0.05) is 19.9 Å². The van der Waals surface area contributed by atoms with Crippen molar-refractivity contribution >= 4 is 5.78 Å². The van der Waals surface area contributed by atoms with Crippen LogP contribution in [0.5, 0.6) is 0 Å². The number of carbonyl (C=O) groups is 1. The minimum Gasteiger partial charge on any atom is -0.294 e. The lowest BCUT2D eigenvalue weighted by Crippen LogP contribution is -2.09. The Balaban J connectivity index is 3.09. The predicted octanol–water partition coefficient (Wildman–Crippen LogP) is 2.97. The van der Waals surface area contributed by atoms with Crippen LogP contribution < -0.4 is 0 Å². The molecule has 13 heavy (non-hydrogen) atoms. The van der Waals surface area contributed by atoms with E-state index in [2.05, 4.69) is 0 Å². The molecule has 0 bridgehead atoms. The first-order valence-electron chi connectivity index (χ1n) is 4.32. The molecule has 0 aromatic heterocycles. The minimum absolute atomic E-state index is 0.141. The Hall–Kier alpha value is -1.18. The van der Waals surface area contributed by atoms with Crippen molar-refractivity contribution in [1.29, 1.82) is 0 Å². The Bertz CT molecular complexity index is 329. The second-order valence-corrected chi connectivity index (χ2v) is 3.50. The fraction of sp³-hybridized carbons (Fsp3) is 0.364. The van der Waals surface area contributed by atoms with Crippen LogP contribution in [0.4, 0.5) is 4.39 Å². The molecule has 0 radical (unpaired) electrons. The van der Waals surface area contributed by atoms with E-state index in [0.717, 1.165) is 5.56 Å². The van der Waals surface area contributed by atoms with Gasteiger partial charge in [-0.3, -0.25) is 4.79 Å². The van der Waals surface area contributed by atoms with Crippen LogP contribution in [0.1, 0.15) is 29.8 Å². The standard InChI is InChI=1S/C11H13FO/c1-7(2)11(13)9-5-4-8(3)6-10(9)12/h4-7H,1-3H3. The van der Waals surface area contributed by atoms with Crippen molar-refractivity contribution in [3.8, 4) is 0 Å². The monoisotopic (exact) mass is 180 g/mol. The number of rotatable bonds is 2. The number of hydrogen-bond acceptors (Lipinski definition) is 1. The van der Waals surface area contributed by atoms with Crippen molar-refractivity contribution in [1.82, 2.24) is 0 Å². The van der Waals surface area contributed by atoms with Gasteiger partial charge in [0.2, 0.25) is 0 Å². The smallest absolute Gasteiger partial charge is 0.168 e. The third kappa shape index (κ3) is 2.14. The summed E-state index contributed by atoms with van der Waals surface area (Å²) in [4.78, 5) is 11.4. The Morgan fingerprint density at radius 1 is 1.38 bits per heavy atom. The van der Waals surface area contributed by atoms with Crippen LogP contribution in [0, 0.1) is 18.7 Å². The van der Waals surface area contributed by atoms with E-state index in [1.807, 2.05) is 0 Å². The molecule has 0 heterocycles. The molecule has 1 rings (SSSR count). The normalized spacial score (nSPS) is 10.5. The first-order chi connectivity index (χ1) is 6.02. The fourth-order valence-corrected chi connectivity index (χ4v) is 1.13. The molecule has 0 atom stereocenters. The van der Waals surface area contributed by atoms with Gasteiger partial charge in [0.15, 0.2) is 5.78 Å². The summed E-state index contributed by atoms with van der Waals surface area (Å²) in [5, 5.41) is 0. The van der Waals surface area contributed by atoms with Crippen LogP contribution >= 0.6 is 0 Å². The molecule has 0 spiro atoms. The summed E-state index contributed by atoms with van der Waals surface area (Å²) in [5.41, 5.74) is 1.03. The molecular weight excluding hydrogens is 167 g/mol. The van der Waals surface area contributed by atoms with Gasteiger partial charge in [0.1, 0.15) is 5.82 Å². The van der Waals surface area contributed by atoms with Gasteiger partial charge >= 0.3 is 0 Å². The first-order valence-corrected chi connectivity index (χ1v) is 4.32. The van der Waals surface area contributed by atoms with Crippen molar-refractivity contribution in [2.24, 2.45) is 5.92 Å². The van der Waals surface area contributed by atoms with Crippen LogP contribution in [0.15, 0.2) is 18.2 Å². The van der Waals surface area contributed by atoms with Gasteiger partial charge < -0.3 is 0 Å². The highest BCUT2D eigenvalue weighted by Gasteiger charge is 2.14. The van der Waals surface area contributed by atoms with Crippen LogP contribution in [0.2, 0.25) is 0 Å². The number of Topliss-reactive ketones (excluding diaryl/α,β-unsaturated/α-hetero) is 1. The number of halogens is 1. The zero-order chi connectivity index (χ0) is 10.0. The summed E-state index contributed by atoms with van der Waals surface area (Å²) < 4.78 is 13.2. The second-order valence-electron chi connectivity index (χ2n) is 3.50. The summed E-state index contributed by atoms with van der Waals surface area (Å²) in [5.74, 6) is -0.714. The van der Waals surface area contributed by atoms with Gasteiger partial charge in [0.25, 0.3) is 0 Å². The molecule has 0 saturated carbocycles. The SMILES string of the molecule is Cc1ccc(C(=O)C(C)C)c(F)c1. The Morgan fingerprint density at radius 3 is 2.46 bits per heavy atom. The van der Waals surface area contributed by atoms with Crippen molar-refractivity contribution in [2.75, 3.05) is 0 Å². The molecular formula is C11H13FO. The summed E-state index contributed by atoms with van der Waals surface area (Å²) in [6, 6.07) is 4.68. The van der Waals surface area contributed by atoms with Crippen molar-refractivity contribution in [3.63, 3.8) is 0 Å². The van der Waals surface area contributed by atoms with Crippen LogP contribution in [0.3, 0.4) is 0 Å². The summed E-state index contributed by atoms with van der Waals surface area (Å²) in [7, 11) is 0. The third-order valence-electron chi connectivity index (χ3n) is 1.91. The van der Waals surface area contributed by atoms with Gasteiger partial charge in [0, 0.05) is 5.92 Å². The Labute approximate surface area is 77.6 Å². The van der Waals surface area contributed by atoms with Gasteiger partial charge in [-0.2, -0.15) is 0 Å². The summed E-state index contributed by atoms with van der Waals surface area (Å²) in [6.45, 7) is 5.33. The van der Waals surface area contributed by atoms with Crippen molar-refractivity contribution < 1.29 is 9.18 Å². The van der Waals surface area contributed by atoms with E-state index in [1.165, 1.54) is 6.07 Å². The van der Waals surface area contributed by atoms with E-state index in [1.54, 1.807) is 32.9 Å². The number of ketones is 1. The number of hydrogen-bond donors (Lipinski definition) is 0. The van der Waals surface area contributed by atoms with Gasteiger partial charge in [-0.15, -0.1) is 0 Å². The highest BCUT2D eigenvalue weighted by Crippen LogP contribution is 2.14. The zero-order valence-electron chi connectivity index (χ0n) is 8.10. The average Bonchev–Trinajstić information content (AvgIpc) is 2.03. The molecule has 0 saturated heterocycles. The van der Waals surface area contributed by atoms with E-state index in [4.69, 9.17) is 0 Å². The quantitative estimate of drug-likeness (QED) is 0.639. The maximum Gasteiger partial charge on any atom is 0.168 e. The van der Waals surface area contributed by atoms with E-state index in [9.17, 15) is 9.18 Å². The molecule has 70 valence electrons. The van der Waals surface area contributed by atoms with E-state index in [0.29, 0.717) is 0 Å². The van der Waals surface area contributed by atoms with Crippen molar-refractivity contribution in [3.05, 3.63) is 35.1 Å². The molecule has 0 aliphatic rings. The number of benzene rings is 1. The lowest BCUT2D eigenvalue weighted by Gasteiger charge is -2.05. The second kappa shape index (κ2) is 3.69. The molecule has 0 amide bonds. The highest BCUT2D eigenvalue weighted by atomic mass is 19.1. The number of carbonyl (C=O) groups excluding carboxylic acids is 1. The lowest BCUT2D eigenvalue weighted by atomic mass is 10.00. The van der Waals surface area contributed by atoms with Gasteiger partial charge in [-0.25, -0.2) is 4.39 Å². The van der Waals surface area contributed by atoms with E-state index < -0.39 is 5.82 Å².